The minimum absolute atomic E-state index is 0.134. The van der Waals surface area contributed by atoms with Crippen LogP contribution in [0.1, 0.15) is 43.7 Å². The summed E-state index contributed by atoms with van der Waals surface area (Å²) in [5, 5.41) is 7.20. The third-order valence-corrected chi connectivity index (χ3v) is 5.48. The monoisotopic (exact) mass is 406 g/mol. The molecular formula is C23H26N4O3. The van der Waals surface area contributed by atoms with Crippen molar-refractivity contribution in [2.45, 2.75) is 38.6 Å². The third-order valence-electron chi connectivity index (χ3n) is 5.48. The summed E-state index contributed by atoms with van der Waals surface area (Å²) in [6, 6.07) is 15.0. The van der Waals surface area contributed by atoms with Gasteiger partial charge in [-0.3, -0.25) is 0 Å². The number of likely N-dealkylation sites (tertiary alicyclic amines) is 1. The Morgan fingerprint density at radius 2 is 2.00 bits per heavy atom. The van der Waals surface area contributed by atoms with Gasteiger partial charge in [-0.2, -0.15) is 4.98 Å². The highest BCUT2D eigenvalue weighted by atomic mass is 16.5. The van der Waals surface area contributed by atoms with E-state index in [0.717, 1.165) is 48.2 Å². The van der Waals surface area contributed by atoms with E-state index in [-0.39, 0.29) is 12.1 Å². The minimum Gasteiger partial charge on any atom is -0.497 e. The molecule has 156 valence electrons. The maximum absolute atomic E-state index is 13.1. The largest absolute Gasteiger partial charge is 0.497 e. The number of carbonyl (C=O) groups excluding carboxylic acids is 1. The first-order valence-corrected chi connectivity index (χ1v) is 10.3. The number of methoxy groups -OCH3 is 1. The first-order chi connectivity index (χ1) is 14.7. The number of amides is 2. The lowest BCUT2D eigenvalue weighted by Crippen LogP contribution is -2.41. The molecular weight excluding hydrogens is 380 g/mol. The molecule has 30 heavy (non-hydrogen) atoms. The van der Waals surface area contributed by atoms with E-state index in [1.54, 1.807) is 12.0 Å². The van der Waals surface area contributed by atoms with Crippen LogP contribution in [0.4, 0.5) is 10.5 Å². The highest BCUT2D eigenvalue weighted by Gasteiger charge is 2.32. The Morgan fingerprint density at radius 3 is 2.77 bits per heavy atom. The zero-order valence-corrected chi connectivity index (χ0v) is 17.3. The standard InChI is InChI=1S/C23H26N4O3/c1-3-16-8-4-5-9-19(16)24-23(28)27-15-7-6-10-20(27)22-25-21(26-30-22)17-11-13-18(29-2)14-12-17/h4-5,8-9,11-14,20H,3,6-7,10,15H2,1-2H3,(H,24,28)/t20-/m1/s1. The van der Waals surface area contributed by atoms with Crippen LogP contribution in [-0.4, -0.2) is 34.7 Å². The molecule has 1 fully saturated rings. The Hall–Kier alpha value is -3.35. The molecule has 1 aliphatic rings. The zero-order valence-electron chi connectivity index (χ0n) is 17.3. The fourth-order valence-electron chi connectivity index (χ4n) is 3.80. The molecule has 1 atom stereocenters. The predicted octanol–water partition coefficient (Wildman–Crippen LogP) is 5.07. The summed E-state index contributed by atoms with van der Waals surface area (Å²) in [4.78, 5) is 19.5. The number of hydrogen-bond donors (Lipinski definition) is 1. The molecule has 0 unspecified atom stereocenters. The topological polar surface area (TPSA) is 80.5 Å². The lowest BCUT2D eigenvalue weighted by Gasteiger charge is -2.33. The molecule has 7 heteroatoms. The second kappa shape index (κ2) is 8.98. The van der Waals surface area contributed by atoms with Crippen molar-refractivity contribution in [1.82, 2.24) is 15.0 Å². The number of rotatable bonds is 5. The van der Waals surface area contributed by atoms with E-state index in [0.29, 0.717) is 18.3 Å². The van der Waals surface area contributed by atoms with Gasteiger partial charge in [-0.1, -0.05) is 30.3 Å². The van der Waals surface area contributed by atoms with Crippen molar-refractivity contribution in [3.63, 3.8) is 0 Å². The number of anilines is 1. The molecule has 0 aliphatic carbocycles. The Morgan fingerprint density at radius 1 is 1.20 bits per heavy atom. The van der Waals surface area contributed by atoms with Crippen molar-refractivity contribution < 1.29 is 14.1 Å². The maximum atomic E-state index is 13.1. The fraction of sp³-hybridized carbons (Fsp3) is 0.348. The van der Waals surface area contributed by atoms with E-state index in [9.17, 15) is 4.79 Å². The van der Waals surface area contributed by atoms with Crippen LogP contribution in [0.2, 0.25) is 0 Å². The van der Waals surface area contributed by atoms with Crippen LogP contribution in [-0.2, 0) is 6.42 Å². The van der Waals surface area contributed by atoms with Crippen molar-refractivity contribution in [1.29, 1.82) is 0 Å². The number of nitrogens with zero attached hydrogens (tertiary/aromatic N) is 3. The molecule has 2 heterocycles. The molecule has 0 spiro atoms. The zero-order chi connectivity index (χ0) is 20.9. The maximum Gasteiger partial charge on any atom is 0.322 e. The summed E-state index contributed by atoms with van der Waals surface area (Å²) < 4.78 is 10.8. The summed E-state index contributed by atoms with van der Waals surface area (Å²) in [6.07, 6.45) is 3.63. The van der Waals surface area contributed by atoms with Gasteiger partial charge in [0.2, 0.25) is 11.7 Å². The van der Waals surface area contributed by atoms with Crippen molar-refractivity contribution in [3.8, 4) is 17.1 Å². The number of carbonyl (C=O) groups is 1. The number of urea groups is 1. The van der Waals surface area contributed by atoms with Crippen LogP contribution in [0.5, 0.6) is 5.75 Å². The minimum atomic E-state index is -0.230. The van der Waals surface area contributed by atoms with Crippen molar-refractivity contribution >= 4 is 11.7 Å². The number of piperidine rings is 1. The average Bonchev–Trinajstić information content (AvgIpc) is 3.29. The Balaban J connectivity index is 1.53. The van der Waals surface area contributed by atoms with Crippen LogP contribution in [0.25, 0.3) is 11.4 Å². The highest BCUT2D eigenvalue weighted by Crippen LogP contribution is 2.32. The van der Waals surface area contributed by atoms with Crippen LogP contribution in [0.15, 0.2) is 53.1 Å². The molecule has 1 aromatic heterocycles. The lowest BCUT2D eigenvalue weighted by atomic mass is 10.0. The van der Waals surface area contributed by atoms with Gasteiger partial charge in [0.05, 0.1) is 7.11 Å². The van der Waals surface area contributed by atoms with E-state index < -0.39 is 0 Å². The van der Waals surface area contributed by atoms with Crippen molar-refractivity contribution in [3.05, 3.63) is 60.0 Å². The van der Waals surface area contributed by atoms with Gasteiger partial charge in [0.1, 0.15) is 11.8 Å². The molecule has 0 radical (unpaired) electrons. The number of benzene rings is 2. The summed E-state index contributed by atoms with van der Waals surface area (Å²) in [6.45, 7) is 2.73. The molecule has 1 aliphatic heterocycles. The Labute approximate surface area is 176 Å². The first-order valence-electron chi connectivity index (χ1n) is 10.3. The number of nitrogens with one attached hydrogen (secondary N) is 1. The second-order valence-electron chi connectivity index (χ2n) is 7.33. The normalized spacial score (nSPS) is 16.3. The van der Waals surface area contributed by atoms with Gasteiger partial charge in [-0.25, -0.2) is 4.79 Å². The van der Waals surface area contributed by atoms with Crippen molar-refractivity contribution in [2.75, 3.05) is 19.0 Å². The van der Waals surface area contributed by atoms with Crippen LogP contribution < -0.4 is 10.1 Å². The molecule has 3 aromatic rings. The van der Waals surface area contributed by atoms with Gasteiger partial charge in [0, 0.05) is 17.8 Å². The number of aromatic nitrogens is 2. The highest BCUT2D eigenvalue weighted by molar-refractivity contribution is 5.90. The predicted molar refractivity (Wildman–Crippen MR) is 114 cm³/mol. The number of ether oxygens (including phenoxy) is 1. The number of para-hydroxylation sites is 1. The van der Waals surface area contributed by atoms with Gasteiger partial charge in [-0.05, 0) is 61.6 Å². The van der Waals surface area contributed by atoms with Gasteiger partial charge < -0.3 is 19.5 Å². The third kappa shape index (κ3) is 4.15. The second-order valence-corrected chi connectivity index (χ2v) is 7.33. The van der Waals surface area contributed by atoms with Gasteiger partial charge in [0.25, 0.3) is 0 Å². The molecule has 1 N–H and O–H groups in total. The first kappa shape index (κ1) is 19.9. The molecule has 7 nitrogen and oxygen atoms in total. The average molecular weight is 406 g/mol. The van der Waals surface area contributed by atoms with E-state index in [4.69, 9.17) is 9.26 Å². The van der Waals surface area contributed by atoms with Gasteiger partial charge in [-0.15, -0.1) is 0 Å². The molecule has 0 bridgehead atoms. The lowest BCUT2D eigenvalue weighted by molar-refractivity contribution is 0.142. The van der Waals surface area contributed by atoms with Crippen LogP contribution in [0, 0.1) is 0 Å². The summed E-state index contributed by atoms with van der Waals surface area (Å²) in [5.74, 6) is 1.75. The SMILES string of the molecule is CCc1ccccc1NC(=O)N1CCCC[C@@H]1c1nc(-c2ccc(OC)cc2)no1. The van der Waals surface area contributed by atoms with E-state index in [1.807, 2.05) is 48.5 Å². The smallest absolute Gasteiger partial charge is 0.322 e. The van der Waals surface area contributed by atoms with Gasteiger partial charge >= 0.3 is 6.03 Å². The quantitative estimate of drug-likeness (QED) is 0.640. The van der Waals surface area contributed by atoms with E-state index in [2.05, 4.69) is 22.4 Å². The Bertz CT molecular complexity index is 1000. The molecule has 2 amide bonds. The molecule has 4 rings (SSSR count). The van der Waals surface area contributed by atoms with E-state index >= 15 is 0 Å². The molecule has 2 aromatic carbocycles. The Kier molecular flexibility index (Phi) is 5.97. The molecule has 1 saturated heterocycles. The van der Waals surface area contributed by atoms with Crippen LogP contribution >= 0.6 is 0 Å². The summed E-state index contributed by atoms with van der Waals surface area (Å²) in [7, 11) is 1.63. The fourth-order valence-corrected chi connectivity index (χ4v) is 3.80. The van der Waals surface area contributed by atoms with Crippen LogP contribution in [0.3, 0.4) is 0 Å². The number of aryl methyl sites for hydroxylation is 1. The van der Waals surface area contributed by atoms with E-state index in [1.165, 1.54) is 0 Å². The van der Waals surface area contributed by atoms with Crippen molar-refractivity contribution in [2.24, 2.45) is 0 Å². The van der Waals surface area contributed by atoms with Gasteiger partial charge in [0.15, 0.2) is 0 Å². The number of hydrogen-bond acceptors (Lipinski definition) is 5. The summed E-state index contributed by atoms with van der Waals surface area (Å²) >= 11 is 0. The summed E-state index contributed by atoms with van der Waals surface area (Å²) in [5.41, 5.74) is 2.80. The molecule has 0 saturated carbocycles.